The van der Waals surface area contributed by atoms with Gasteiger partial charge in [-0.25, -0.2) is 0 Å². The van der Waals surface area contributed by atoms with Gasteiger partial charge in [-0.15, -0.1) is 0 Å². The van der Waals surface area contributed by atoms with Gasteiger partial charge >= 0.3 is 11.9 Å². The highest BCUT2D eigenvalue weighted by Crippen LogP contribution is 2.11. The van der Waals surface area contributed by atoms with Crippen LogP contribution >= 0.6 is 0 Å². The maximum absolute atomic E-state index is 10.1. The summed E-state index contributed by atoms with van der Waals surface area (Å²) in [6, 6.07) is 0. The molecule has 6 heteroatoms. The number of rotatable bonds is 2. The molecule has 0 bridgehead atoms. The Kier molecular flexibility index (Phi) is 5.21. The molecule has 0 radical (unpaired) electrons. The minimum Gasteiger partial charge on any atom is -0.481 e. The Morgan fingerprint density at radius 1 is 0.875 bits per heavy atom. The molecule has 2 heterocycles. The van der Waals surface area contributed by atoms with Gasteiger partial charge in [-0.1, -0.05) is 0 Å². The minimum absolute atomic E-state index is 0.241. The molecule has 0 unspecified atom stereocenters. The summed E-state index contributed by atoms with van der Waals surface area (Å²) in [5.41, 5.74) is 0. The number of aliphatic carboxylic acids is 2. The topological polar surface area (TPSA) is 93.1 Å². The van der Waals surface area contributed by atoms with E-state index >= 15 is 0 Å². The van der Waals surface area contributed by atoms with Crippen LogP contribution in [0, 0.1) is 11.8 Å². The summed E-state index contributed by atoms with van der Waals surface area (Å²) in [6.45, 7) is 2.01. The van der Waals surface area contributed by atoms with E-state index in [0.29, 0.717) is 39.3 Å². The number of carboxylic acid groups (broad SMARTS) is 2. The summed E-state index contributed by atoms with van der Waals surface area (Å²) in [6.07, 6.45) is 1.35. The average Bonchev–Trinajstić information content (AvgIpc) is 2.93. The third-order valence-electron chi connectivity index (χ3n) is 2.56. The second-order valence-corrected chi connectivity index (χ2v) is 3.80. The second kappa shape index (κ2) is 6.44. The zero-order valence-corrected chi connectivity index (χ0v) is 8.92. The van der Waals surface area contributed by atoms with Crippen molar-refractivity contribution in [2.24, 2.45) is 11.8 Å². The zero-order valence-electron chi connectivity index (χ0n) is 8.92. The lowest BCUT2D eigenvalue weighted by Crippen LogP contribution is -2.12. The zero-order chi connectivity index (χ0) is 12.0. The van der Waals surface area contributed by atoms with Crippen LogP contribution in [0.4, 0.5) is 0 Å². The molecule has 0 aromatic carbocycles. The highest BCUT2D eigenvalue weighted by Gasteiger charge is 2.22. The number of hydrogen-bond donors (Lipinski definition) is 2. The first kappa shape index (κ1) is 12.9. The summed E-state index contributed by atoms with van der Waals surface area (Å²) >= 11 is 0. The Balaban J connectivity index is 0.000000160. The first-order valence-corrected chi connectivity index (χ1v) is 5.22. The van der Waals surface area contributed by atoms with Gasteiger partial charge in [-0.3, -0.25) is 9.59 Å². The summed E-state index contributed by atoms with van der Waals surface area (Å²) in [5.74, 6) is -1.95. The highest BCUT2D eigenvalue weighted by molar-refractivity contribution is 5.70. The largest absolute Gasteiger partial charge is 0.481 e. The molecule has 92 valence electrons. The lowest BCUT2D eigenvalue weighted by atomic mass is 10.1. The van der Waals surface area contributed by atoms with Crippen molar-refractivity contribution in [2.75, 3.05) is 26.4 Å². The average molecular weight is 232 g/mol. The summed E-state index contributed by atoms with van der Waals surface area (Å²) in [4.78, 5) is 20.2. The molecule has 6 nitrogen and oxygen atoms in total. The maximum atomic E-state index is 10.1. The van der Waals surface area contributed by atoms with Crippen LogP contribution in [0.1, 0.15) is 12.8 Å². The van der Waals surface area contributed by atoms with Gasteiger partial charge in [0.25, 0.3) is 0 Å². The van der Waals surface area contributed by atoms with E-state index in [1.54, 1.807) is 0 Å². The third kappa shape index (κ3) is 4.16. The Bertz CT molecular complexity index is 214. The molecule has 0 amide bonds. The third-order valence-corrected chi connectivity index (χ3v) is 2.56. The van der Waals surface area contributed by atoms with Crippen molar-refractivity contribution in [1.82, 2.24) is 0 Å². The molecule has 0 aromatic rings. The van der Waals surface area contributed by atoms with E-state index in [1.165, 1.54) is 0 Å². The predicted molar refractivity (Wildman–Crippen MR) is 53.1 cm³/mol. The molecular weight excluding hydrogens is 216 g/mol. The molecule has 0 aliphatic carbocycles. The van der Waals surface area contributed by atoms with Gasteiger partial charge in [-0.05, 0) is 12.8 Å². The van der Waals surface area contributed by atoms with Gasteiger partial charge in [0.15, 0.2) is 0 Å². The van der Waals surface area contributed by atoms with Crippen molar-refractivity contribution in [3.8, 4) is 0 Å². The van der Waals surface area contributed by atoms with Crippen molar-refractivity contribution in [2.45, 2.75) is 12.8 Å². The molecule has 2 atom stereocenters. The molecule has 2 aliphatic rings. The maximum Gasteiger partial charge on any atom is 0.308 e. The fourth-order valence-electron chi connectivity index (χ4n) is 1.46. The Morgan fingerprint density at radius 2 is 1.25 bits per heavy atom. The van der Waals surface area contributed by atoms with Crippen molar-refractivity contribution in [1.29, 1.82) is 0 Å². The van der Waals surface area contributed by atoms with Crippen LogP contribution in [0.15, 0.2) is 0 Å². The minimum atomic E-state index is -0.734. The monoisotopic (exact) mass is 232 g/mol. The van der Waals surface area contributed by atoms with E-state index in [4.69, 9.17) is 19.7 Å². The summed E-state index contributed by atoms with van der Waals surface area (Å²) in [7, 11) is 0. The molecule has 0 spiro atoms. The van der Waals surface area contributed by atoms with E-state index < -0.39 is 11.9 Å². The lowest BCUT2D eigenvalue weighted by molar-refractivity contribution is -0.142. The predicted octanol–water partition coefficient (Wildman–Crippen LogP) is 0.215. The van der Waals surface area contributed by atoms with Gasteiger partial charge in [-0.2, -0.15) is 0 Å². The van der Waals surface area contributed by atoms with Crippen LogP contribution in [-0.2, 0) is 19.1 Å². The first-order valence-electron chi connectivity index (χ1n) is 5.22. The molecule has 2 fully saturated rings. The second-order valence-electron chi connectivity index (χ2n) is 3.80. The Labute approximate surface area is 93.2 Å². The highest BCUT2D eigenvalue weighted by atomic mass is 16.5. The SMILES string of the molecule is O=C(O)[C@@H]1CCOC1.O=C(O)[C@H]1CCOC1. The lowest BCUT2D eigenvalue weighted by Gasteiger charge is -1.95. The van der Waals surface area contributed by atoms with E-state index in [9.17, 15) is 9.59 Å². The molecule has 0 saturated carbocycles. The van der Waals surface area contributed by atoms with Crippen molar-refractivity contribution >= 4 is 11.9 Å². The molecule has 16 heavy (non-hydrogen) atoms. The summed E-state index contributed by atoms with van der Waals surface area (Å²) < 4.78 is 9.68. The van der Waals surface area contributed by atoms with Crippen LogP contribution in [-0.4, -0.2) is 48.6 Å². The number of hydrogen-bond acceptors (Lipinski definition) is 4. The van der Waals surface area contributed by atoms with Crippen molar-refractivity contribution < 1.29 is 29.3 Å². The van der Waals surface area contributed by atoms with Gasteiger partial charge in [0, 0.05) is 13.2 Å². The van der Waals surface area contributed by atoms with Gasteiger partial charge in [0.1, 0.15) is 0 Å². The van der Waals surface area contributed by atoms with Crippen LogP contribution < -0.4 is 0 Å². The Morgan fingerprint density at radius 3 is 1.38 bits per heavy atom. The van der Waals surface area contributed by atoms with Crippen molar-refractivity contribution in [3.63, 3.8) is 0 Å². The molecule has 0 aromatic heterocycles. The van der Waals surface area contributed by atoms with E-state index in [-0.39, 0.29) is 11.8 Å². The normalized spacial score (nSPS) is 28.2. The van der Waals surface area contributed by atoms with Crippen LogP contribution in [0.2, 0.25) is 0 Å². The smallest absolute Gasteiger partial charge is 0.308 e. The van der Waals surface area contributed by atoms with Crippen LogP contribution in [0.5, 0.6) is 0 Å². The van der Waals surface area contributed by atoms with Crippen LogP contribution in [0.25, 0.3) is 0 Å². The number of carbonyl (C=O) groups is 2. The van der Waals surface area contributed by atoms with Gasteiger partial charge < -0.3 is 19.7 Å². The number of carboxylic acids is 2. The van der Waals surface area contributed by atoms with Gasteiger partial charge in [0.2, 0.25) is 0 Å². The standard InChI is InChI=1S/2C5H8O3/c2*6-5(7)4-1-2-8-3-4/h2*4H,1-3H2,(H,6,7)/t2*4-/m10/s1. The van der Waals surface area contributed by atoms with Gasteiger partial charge in [0.05, 0.1) is 25.0 Å². The molecular formula is C10H16O6. The van der Waals surface area contributed by atoms with E-state index in [0.717, 1.165) is 0 Å². The van der Waals surface area contributed by atoms with E-state index in [1.807, 2.05) is 0 Å². The summed E-state index contributed by atoms with van der Waals surface area (Å²) in [5, 5.41) is 16.7. The molecule has 2 aliphatic heterocycles. The Hall–Kier alpha value is -1.14. The molecule has 2 N–H and O–H groups in total. The molecule has 2 saturated heterocycles. The van der Waals surface area contributed by atoms with Crippen LogP contribution in [0.3, 0.4) is 0 Å². The quantitative estimate of drug-likeness (QED) is 0.707. The first-order chi connectivity index (χ1) is 7.61. The fourth-order valence-corrected chi connectivity index (χ4v) is 1.46. The molecule has 2 rings (SSSR count). The fraction of sp³-hybridized carbons (Fsp3) is 0.800. The van der Waals surface area contributed by atoms with Crippen molar-refractivity contribution in [3.05, 3.63) is 0 Å². The number of ether oxygens (including phenoxy) is 2. The van der Waals surface area contributed by atoms with E-state index in [2.05, 4.69) is 0 Å².